The van der Waals surface area contributed by atoms with Gasteiger partial charge < -0.3 is 19.2 Å². The van der Waals surface area contributed by atoms with Crippen LogP contribution in [0.15, 0.2) is 0 Å². The lowest BCUT2D eigenvalue weighted by Gasteiger charge is -2.38. The van der Waals surface area contributed by atoms with Crippen LogP contribution >= 0.6 is 0 Å². The second-order valence-corrected chi connectivity index (χ2v) is 8.36. The molecule has 0 aliphatic carbocycles. The first kappa shape index (κ1) is 20.5. The summed E-state index contributed by atoms with van der Waals surface area (Å²) in [5, 5.41) is 0. The lowest BCUT2D eigenvalue weighted by molar-refractivity contribution is -0.164. The highest BCUT2D eigenvalue weighted by atomic mass is 16.6. The molecule has 0 spiro atoms. The van der Waals surface area contributed by atoms with Crippen molar-refractivity contribution in [3.63, 3.8) is 0 Å². The molecule has 6 heteroatoms. The van der Waals surface area contributed by atoms with Crippen LogP contribution in [-0.2, 0) is 19.1 Å². The van der Waals surface area contributed by atoms with Crippen molar-refractivity contribution in [3.8, 4) is 0 Å². The zero-order chi connectivity index (χ0) is 18.5. The molecule has 2 atom stereocenters. The summed E-state index contributed by atoms with van der Waals surface area (Å²) in [7, 11) is 0. The molecular formula is C18H31NO5. The van der Waals surface area contributed by atoms with Crippen LogP contribution in [0.5, 0.6) is 0 Å². The van der Waals surface area contributed by atoms with Crippen molar-refractivity contribution in [2.75, 3.05) is 13.1 Å². The Morgan fingerprint density at radius 2 is 1.67 bits per heavy atom. The van der Waals surface area contributed by atoms with Gasteiger partial charge in [0.1, 0.15) is 17.5 Å². The SMILES string of the molecule is CC(C)(C)OC(=O)[C@H]1CN(C(=O)OC(C)(C)C)CC[C@H]1CCC=O. The Kier molecular flexibility index (Phi) is 6.81. The van der Waals surface area contributed by atoms with E-state index in [-0.39, 0.29) is 18.4 Å². The van der Waals surface area contributed by atoms with E-state index in [0.29, 0.717) is 25.8 Å². The lowest BCUT2D eigenvalue weighted by Crippen LogP contribution is -2.49. The molecular weight excluding hydrogens is 310 g/mol. The summed E-state index contributed by atoms with van der Waals surface area (Å²) >= 11 is 0. The second kappa shape index (κ2) is 7.99. The maximum Gasteiger partial charge on any atom is 0.410 e. The third-order valence-electron chi connectivity index (χ3n) is 3.77. The average molecular weight is 341 g/mol. The predicted octanol–water partition coefficient (Wildman–Crippen LogP) is 3.18. The average Bonchev–Trinajstić information content (AvgIpc) is 2.41. The van der Waals surface area contributed by atoms with Crippen molar-refractivity contribution in [2.24, 2.45) is 11.8 Å². The van der Waals surface area contributed by atoms with E-state index in [1.165, 1.54) is 0 Å². The van der Waals surface area contributed by atoms with Crippen LogP contribution in [0.3, 0.4) is 0 Å². The van der Waals surface area contributed by atoms with Crippen LogP contribution in [0.4, 0.5) is 4.79 Å². The standard InChI is InChI=1S/C18H31NO5/c1-17(2,3)23-15(21)14-12-19(16(22)24-18(4,5)6)10-9-13(14)8-7-11-20/h11,13-14H,7-10,12H2,1-6H3/t13-,14+/m1/s1. The Morgan fingerprint density at radius 3 is 2.17 bits per heavy atom. The Bertz CT molecular complexity index is 461. The van der Waals surface area contributed by atoms with Gasteiger partial charge in [-0.15, -0.1) is 0 Å². The zero-order valence-electron chi connectivity index (χ0n) is 15.8. The summed E-state index contributed by atoms with van der Waals surface area (Å²) in [5.74, 6) is -0.694. The Morgan fingerprint density at radius 1 is 1.08 bits per heavy atom. The number of amides is 1. The van der Waals surface area contributed by atoms with Gasteiger partial charge in [-0.2, -0.15) is 0 Å². The maximum absolute atomic E-state index is 12.6. The minimum atomic E-state index is -0.583. The number of rotatable bonds is 4. The smallest absolute Gasteiger partial charge is 0.410 e. The van der Waals surface area contributed by atoms with Gasteiger partial charge in [-0.3, -0.25) is 4.79 Å². The fourth-order valence-electron chi connectivity index (χ4n) is 2.77. The summed E-state index contributed by atoms with van der Waals surface area (Å²) in [6.07, 6.45) is 2.17. The van der Waals surface area contributed by atoms with Gasteiger partial charge in [-0.05, 0) is 60.3 Å². The monoisotopic (exact) mass is 341 g/mol. The number of nitrogens with zero attached hydrogens (tertiary/aromatic N) is 1. The minimum Gasteiger partial charge on any atom is -0.460 e. The van der Waals surface area contributed by atoms with E-state index in [1.54, 1.807) is 4.90 Å². The molecule has 138 valence electrons. The number of hydrogen-bond acceptors (Lipinski definition) is 5. The van der Waals surface area contributed by atoms with E-state index in [4.69, 9.17) is 9.47 Å². The van der Waals surface area contributed by atoms with Crippen molar-refractivity contribution >= 4 is 18.3 Å². The summed E-state index contributed by atoms with van der Waals surface area (Å²) in [6, 6.07) is 0. The first-order chi connectivity index (χ1) is 10.9. The first-order valence-corrected chi connectivity index (χ1v) is 8.57. The van der Waals surface area contributed by atoms with Gasteiger partial charge in [0, 0.05) is 19.5 Å². The molecule has 1 aliphatic heterocycles. The number of likely N-dealkylation sites (tertiary alicyclic amines) is 1. The number of ether oxygens (including phenoxy) is 2. The highest BCUT2D eigenvalue weighted by Gasteiger charge is 2.39. The van der Waals surface area contributed by atoms with Crippen molar-refractivity contribution < 1.29 is 23.9 Å². The highest BCUT2D eigenvalue weighted by Crippen LogP contribution is 2.30. The number of carbonyl (C=O) groups excluding carboxylic acids is 3. The van der Waals surface area contributed by atoms with E-state index in [1.807, 2.05) is 41.5 Å². The molecule has 1 fully saturated rings. The Labute approximate surface area is 144 Å². The molecule has 0 N–H and O–H groups in total. The van der Waals surface area contributed by atoms with Gasteiger partial charge in [0.25, 0.3) is 0 Å². The van der Waals surface area contributed by atoms with E-state index in [9.17, 15) is 14.4 Å². The van der Waals surface area contributed by atoms with Gasteiger partial charge in [0.05, 0.1) is 5.92 Å². The molecule has 0 aromatic rings. The van der Waals surface area contributed by atoms with Crippen molar-refractivity contribution in [3.05, 3.63) is 0 Å². The predicted molar refractivity (Wildman–Crippen MR) is 90.5 cm³/mol. The van der Waals surface area contributed by atoms with E-state index < -0.39 is 23.2 Å². The number of aldehydes is 1. The van der Waals surface area contributed by atoms with Crippen molar-refractivity contribution in [1.82, 2.24) is 4.90 Å². The molecule has 1 aliphatic rings. The summed E-state index contributed by atoms with van der Waals surface area (Å²) < 4.78 is 10.9. The molecule has 24 heavy (non-hydrogen) atoms. The molecule has 0 saturated carbocycles. The van der Waals surface area contributed by atoms with Gasteiger partial charge in [0.15, 0.2) is 0 Å². The van der Waals surface area contributed by atoms with Gasteiger partial charge in [0.2, 0.25) is 0 Å². The molecule has 0 aromatic carbocycles. The van der Waals surface area contributed by atoms with Crippen LogP contribution in [0.1, 0.15) is 60.8 Å². The molecule has 1 saturated heterocycles. The molecule has 1 amide bonds. The van der Waals surface area contributed by atoms with Crippen LogP contribution in [-0.4, -0.2) is 47.5 Å². The molecule has 0 bridgehead atoms. The number of piperidine rings is 1. The van der Waals surface area contributed by atoms with Gasteiger partial charge in [-0.1, -0.05) is 0 Å². The molecule has 1 heterocycles. The molecule has 6 nitrogen and oxygen atoms in total. The van der Waals surface area contributed by atoms with E-state index in [2.05, 4.69) is 0 Å². The molecule has 0 aromatic heterocycles. The third kappa shape index (κ3) is 6.89. The fraction of sp³-hybridized carbons (Fsp3) is 0.833. The maximum atomic E-state index is 12.6. The molecule has 1 rings (SSSR count). The van der Waals surface area contributed by atoms with Crippen LogP contribution in [0.25, 0.3) is 0 Å². The first-order valence-electron chi connectivity index (χ1n) is 8.57. The summed E-state index contributed by atoms with van der Waals surface area (Å²) in [5.41, 5.74) is -1.16. The highest BCUT2D eigenvalue weighted by molar-refractivity contribution is 5.75. The van der Waals surface area contributed by atoms with Crippen LogP contribution < -0.4 is 0 Å². The van der Waals surface area contributed by atoms with Crippen LogP contribution in [0.2, 0.25) is 0 Å². The normalized spacial score (nSPS) is 22.0. The number of hydrogen-bond donors (Lipinski definition) is 0. The van der Waals surface area contributed by atoms with Gasteiger partial charge in [-0.25, -0.2) is 4.79 Å². The summed E-state index contributed by atoms with van der Waals surface area (Å²) in [6.45, 7) is 11.7. The fourth-order valence-corrected chi connectivity index (χ4v) is 2.77. The Hall–Kier alpha value is -1.59. The van der Waals surface area contributed by atoms with Crippen LogP contribution in [0, 0.1) is 11.8 Å². The van der Waals surface area contributed by atoms with E-state index in [0.717, 1.165) is 6.29 Å². The molecule has 0 unspecified atom stereocenters. The van der Waals surface area contributed by atoms with Crippen molar-refractivity contribution in [1.29, 1.82) is 0 Å². The third-order valence-corrected chi connectivity index (χ3v) is 3.77. The largest absolute Gasteiger partial charge is 0.460 e. The minimum absolute atomic E-state index is 0.0451. The summed E-state index contributed by atoms with van der Waals surface area (Å²) in [4.78, 5) is 37.1. The Balaban J connectivity index is 2.83. The molecule has 0 radical (unpaired) electrons. The van der Waals surface area contributed by atoms with Crippen molar-refractivity contribution in [2.45, 2.75) is 72.0 Å². The van der Waals surface area contributed by atoms with Gasteiger partial charge >= 0.3 is 12.1 Å². The second-order valence-electron chi connectivity index (χ2n) is 8.36. The number of carbonyl (C=O) groups is 3. The zero-order valence-corrected chi connectivity index (χ0v) is 15.8. The topological polar surface area (TPSA) is 72.9 Å². The number of esters is 1. The quantitative estimate of drug-likeness (QED) is 0.580. The lowest BCUT2D eigenvalue weighted by atomic mass is 9.82. The van der Waals surface area contributed by atoms with E-state index >= 15 is 0 Å².